The molecule has 112 valence electrons. The number of aryl methyl sites for hydroxylation is 2. The lowest BCUT2D eigenvalue weighted by Crippen LogP contribution is -2.31. The topological polar surface area (TPSA) is 56.2 Å². The summed E-state index contributed by atoms with van der Waals surface area (Å²) in [6, 6.07) is 11.7. The molecule has 0 saturated carbocycles. The summed E-state index contributed by atoms with van der Waals surface area (Å²) in [5.74, 6) is -0.0380. The normalized spacial score (nSPS) is 12.3. The van der Waals surface area contributed by atoms with E-state index in [1.54, 1.807) is 0 Å². The van der Waals surface area contributed by atoms with Crippen molar-refractivity contribution in [2.45, 2.75) is 39.8 Å². The van der Waals surface area contributed by atoms with Gasteiger partial charge in [0.25, 0.3) is 0 Å². The average Bonchev–Trinajstić information content (AvgIpc) is 2.79. The monoisotopic (exact) mass is 287 g/mol. The fourth-order valence-corrected chi connectivity index (χ4v) is 2.11. The number of carbonyl (C=O) groups excluding carboxylic acids is 1. The lowest BCUT2D eigenvalue weighted by molar-refractivity contribution is 0.00560. The molecule has 1 aromatic carbocycles. The number of carbonyl (C=O) groups is 1. The van der Waals surface area contributed by atoms with E-state index in [-0.39, 0.29) is 11.9 Å². The van der Waals surface area contributed by atoms with Crippen LogP contribution in [0.15, 0.2) is 36.4 Å². The van der Waals surface area contributed by atoms with Crippen molar-refractivity contribution in [3.63, 3.8) is 0 Å². The van der Waals surface area contributed by atoms with E-state index in [2.05, 4.69) is 10.6 Å². The minimum Gasteiger partial charge on any atom is -0.297 e. The standard InChI is InChI=1S/C16H21N3O2/c1-12-9-14(3)19(17-12)16(20)10-13(2)18-21-11-15-7-5-4-6-8-15/h4-9,13,18H,10-11H2,1-3H3/t13-/m1/s1. The molecule has 21 heavy (non-hydrogen) atoms. The molecule has 0 bridgehead atoms. The molecule has 5 nitrogen and oxygen atoms in total. The second-order valence-electron chi connectivity index (χ2n) is 5.23. The third-order valence-corrected chi connectivity index (χ3v) is 3.09. The molecule has 0 unspecified atom stereocenters. The minimum atomic E-state index is -0.0786. The van der Waals surface area contributed by atoms with Crippen molar-refractivity contribution in [1.29, 1.82) is 0 Å². The van der Waals surface area contributed by atoms with Crippen LogP contribution in [-0.2, 0) is 11.4 Å². The highest BCUT2D eigenvalue weighted by atomic mass is 16.6. The first-order chi connectivity index (χ1) is 10.1. The van der Waals surface area contributed by atoms with E-state index in [0.717, 1.165) is 17.0 Å². The largest absolute Gasteiger partial charge is 0.297 e. The van der Waals surface area contributed by atoms with E-state index in [1.807, 2.05) is 57.2 Å². The van der Waals surface area contributed by atoms with Crippen molar-refractivity contribution in [3.05, 3.63) is 53.3 Å². The predicted octanol–water partition coefficient (Wildman–Crippen LogP) is 2.64. The van der Waals surface area contributed by atoms with Crippen LogP contribution in [0.5, 0.6) is 0 Å². The van der Waals surface area contributed by atoms with Crippen LogP contribution in [0.3, 0.4) is 0 Å². The van der Waals surface area contributed by atoms with Gasteiger partial charge in [0.15, 0.2) is 0 Å². The molecule has 0 radical (unpaired) electrons. The lowest BCUT2D eigenvalue weighted by Gasteiger charge is -2.13. The van der Waals surface area contributed by atoms with Crippen LogP contribution < -0.4 is 5.48 Å². The lowest BCUT2D eigenvalue weighted by atomic mass is 10.2. The van der Waals surface area contributed by atoms with Gasteiger partial charge in [-0.2, -0.15) is 10.6 Å². The number of rotatable bonds is 6. The first-order valence-electron chi connectivity index (χ1n) is 7.04. The zero-order chi connectivity index (χ0) is 15.2. The Hall–Kier alpha value is -1.98. The number of hydrogen-bond donors (Lipinski definition) is 1. The first-order valence-corrected chi connectivity index (χ1v) is 7.04. The Kier molecular flexibility index (Phi) is 5.25. The van der Waals surface area contributed by atoms with Gasteiger partial charge in [-0.3, -0.25) is 9.63 Å². The van der Waals surface area contributed by atoms with Crippen molar-refractivity contribution in [3.8, 4) is 0 Å². The summed E-state index contributed by atoms with van der Waals surface area (Å²) in [5, 5.41) is 4.19. The van der Waals surface area contributed by atoms with E-state index in [1.165, 1.54) is 4.68 Å². The van der Waals surface area contributed by atoms with Gasteiger partial charge in [-0.25, -0.2) is 4.68 Å². The zero-order valence-corrected chi connectivity index (χ0v) is 12.7. The number of benzene rings is 1. The van der Waals surface area contributed by atoms with E-state index >= 15 is 0 Å². The fourth-order valence-electron chi connectivity index (χ4n) is 2.11. The van der Waals surface area contributed by atoms with Gasteiger partial charge >= 0.3 is 0 Å². The maximum Gasteiger partial charge on any atom is 0.248 e. The molecule has 1 N–H and O–H groups in total. The summed E-state index contributed by atoms with van der Waals surface area (Å²) in [5.41, 5.74) is 5.69. The Morgan fingerprint density at radius 2 is 2.05 bits per heavy atom. The van der Waals surface area contributed by atoms with E-state index < -0.39 is 0 Å². The Morgan fingerprint density at radius 1 is 1.33 bits per heavy atom. The number of nitrogens with one attached hydrogen (secondary N) is 1. The highest BCUT2D eigenvalue weighted by molar-refractivity contribution is 5.79. The molecule has 1 atom stereocenters. The third kappa shape index (κ3) is 4.51. The first kappa shape index (κ1) is 15.4. The van der Waals surface area contributed by atoms with Gasteiger partial charge < -0.3 is 0 Å². The number of nitrogens with zero attached hydrogens (tertiary/aromatic N) is 2. The molecule has 0 aliphatic heterocycles. The summed E-state index contributed by atoms with van der Waals surface area (Å²) in [6.45, 7) is 6.14. The molecular weight excluding hydrogens is 266 g/mol. The molecule has 0 saturated heterocycles. The molecule has 1 aromatic heterocycles. The summed E-state index contributed by atoms with van der Waals surface area (Å²) < 4.78 is 1.45. The molecule has 0 aliphatic carbocycles. The van der Waals surface area contributed by atoms with E-state index in [4.69, 9.17) is 4.84 Å². The average molecular weight is 287 g/mol. The summed E-state index contributed by atoms with van der Waals surface area (Å²) >= 11 is 0. The molecular formula is C16H21N3O2. The Morgan fingerprint density at radius 3 is 2.67 bits per heavy atom. The fraction of sp³-hybridized carbons (Fsp3) is 0.375. The van der Waals surface area contributed by atoms with E-state index in [0.29, 0.717) is 13.0 Å². The smallest absolute Gasteiger partial charge is 0.248 e. The van der Waals surface area contributed by atoms with Gasteiger partial charge in [0, 0.05) is 18.2 Å². The summed E-state index contributed by atoms with van der Waals surface area (Å²) in [6.07, 6.45) is 0.330. The van der Waals surface area contributed by atoms with Crippen molar-refractivity contribution in [2.75, 3.05) is 0 Å². The maximum absolute atomic E-state index is 12.1. The Bertz CT molecular complexity index is 593. The second-order valence-corrected chi connectivity index (χ2v) is 5.23. The van der Waals surface area contributed by atoms with Crippen molar-refractivity contribution in [1.82, 2.24) is 15.3 Å². The van der Waals surface area contributed by atoms with Gasteiger partial charge in [0.1, 0.15) is 0 Å². The van der Waals surface area contributed by atoms with Crippen molar-refractivity contribution >= 4 is 5.91 Å². The molecule has 2 rings (SSSR count). The Labute approximate surface area is 124 Å². The quantitative estimate of drug-likeness (QED) is 0.830. The van der Waals surface area contributed by atoms with Crippen molar-refractivity contribution < 1.29 is 9.63 Å². The number of hydrogen-bond acceptors (Lipinski definition) is 4. The molecule has 5 heteroatoms. The highest BCUT2D eigenvalue weighted by Crippen LogP contribution is 2.05. The second kappa shape index (κ2) is 7.15. The zero-order valence-electron chi connectivity index (χ0n) is 12.7. The van der Waals surface area contributed by atoms with Crippen LogP contribution in [0.1, 0.15) is 35.1 Å². The third-order valence-electron chi connectivity index (χ3n) is 3.09. The highest BCUT2D eigenvalue weighted by Gasteiger charge is 2.14. The molecule has 0 aliphatic rings. The van der Waals surface area contributed by atoms with E-state index in [9.17, 15) is 4.79 Å². The van der Waals surface area contributed by atoms with Crippen LogP contribution in [0.25, 0.3) is 0 Å². The molecule has 2 aromatic rings. The minimum absolute atomic E-state index is 0.0380. The summed E-state index contributed by atoms with van der Waals surface area (Å²) in [7, 11) is 0. The van der Waals surface area contributed by atoms with Crippen LogP contribution in [0.4, 0.5) is 0 Å². The van der Waals surface area contributed by atoms with Gasteiger partial charge in [0.05, 0.1) is 12.3 Å². The SMILES string of the molecule is Cc1cc(C)n(C(=O)C[C@@H](C)NOCc2ccccc2)n1. The predicted molar refractivity (Wildman–Crippen MR) is 80.8 cm³/mol. The van der Waals surface area contributed by atoms with Crippen LogP contribution in [0.2, 0.25) is 0 Å². The molecule has 1 heterocycles. The molecule has 0 spiro atoms. The van der Waals surface area contributed by atoms with Gasteiger partial charge in [0.2, 0.25) is 5.91 Å². The maximum atomic E-state index is 12.1. The van der Waals surface area contributed by atoms with Crippen LogP contribution >= 0.6 is 0 Å². The molecule has 0 fully saturated rings. The van der Waals surface area contributed by atoms with Crippen molar-refractivity contribution in [2.24, 2.45) is 0 Å². The Balaban J connectivity index is 1.78. The summed E-state index contributed by atoms with van der Waals surface area (Å²) in [4.78, 5) is 17.5. The van der Waals surface area contributed by atoms with Gasteiger partial charge in [-0.15, -0.1) is 0 Å². The van der Waals surface area contributed by atoms with Crippen LogP contribution in [0, 0.1) is 13.8 Å². The van der Waals surface area contributed by atoms with Gasteiger partial charge in [-0.1, -0.05) is 30.3 Å². The van der Waals surface area contributed by atoms with Crippen LogP contribution in [-0.4, -0.2) is 21.7 Å². The molecule has 0 amide bonds. The van der Waals surface area contributed by atoms with Gasteiger partial charge in [-0.05, 0) is 32.4 Å². The number of aromatic nitrogens is 2. The number of hydroxylamine groups is 1.